The number of H-pyrrole nitrogens is 1. The number of nitrogens with zero attached hydrogens (tertiary/aromatic N) is 2. The molecule has 1 unspecified atom stereocenters. The molecule has 1 fully saturated rings. The summed E-state index contributed by atoms with van der Waals surface area (Å²) in [5.74, 6) is 0.902. The van der Waals surface area contributed by atoms with Crippen molar-refractivity contribution in [3.8, 4) is 5.75 Å². The van der Waals surface area contributed by atoms with Gasteiger partial charge in [0.1, 0.15) is 11.4 Å². The van der Waals surface area contributed by atoms with Crippen LogP contribution in [0.25, 0.3) is 10.9 Å². The molecule has 124 valence electrons. The Hall–Kier alpha value is -2.01. The number of hydrogen-bond acceptors (Lipinski definition) is 3. The molecule has 1 aliphatic rings. The molecule has 1 atom stereocenters. The van der Waals surface area contributed by atoms with Crippen LogP contribution in [0.3, 0.4) is 0 Å². The summed E-state index contributed by atoms with van der Waals surface area (Å²) in [6.45, 7) is 1.65. The zero-order valence-electron chi connectivity index (χ0n) is 14.1. The first-order valence-corrected chi connectivity index (χ1v) is 8.21. The second-order valence-electron chi connectivity index (χ2n) is 6.48. The van der Waals surface area contributed by atoms with E-state index in [-0.39, 0.29) is 5.91 Å². The zero-order chi connectivity index (χ0) is 16.4. The lowest BCUT2D eigenvalue weighted by atomic mass is 10.1. The number of rotatable bonds is 3. The average Bonchev–Trinajstić information content (AvgIpc) is 2.81. The normalized spacial score (nSPS) is 19.1. The van der Waals surface area contributed by atoms with Crippen molar-refractivity contribution in [1.29, 1.82) is 0 Å². The lowest BCUT2D eigenvalue weighted by Gasteiger charge is -2.23. The lowest BCUT2D eigenvalue weighted by molar-refractivity contribution is 0.0753. The molecule has 1 N–H and O–H groups in total. The van der Waals surface area contributed by atoms with Crippen molar-refractivity contribution in [1.82, 2.24) is 14.8 Å². The third-order valence-electron chi connectivity index (χ3n) is 4.77. The van der Waals surface area contributed by atoms with E-state index in [9.17, 15) is 4.79 Å². The Morgan fingerprint density at radius 3 is 2.83 bits per heavy atom. The number of carbonyl (C=O) groups excluding carboxylic acids is 1. The molecule has 0 radical (unpaired) electrons. The number of methoxy groups -OCH3 is 1. The maximum absolute atomic E-state index is 12.8. The minimum atomic E-state index is 0.0968. The summed E-state index contributed by atoms with van der Waals surface area (Å²) in [6.07, 6.45) is 3.25. The molecule has 1 saturated heterocycles. The first kappa shape index (κ1) is 15.9. The van der Waals surface area contributed by atoms with Gasteiger partial charge >= 0.3 is 0 Å². The van der Waals surface area contributed by atoms with Gasteiger partial charge < -0.3 is 19.5 Å². The van der Waals surface area contributed by atoms with Crippen molar-refractivity contribution in [2.24, 2.45) is 0 Å². The molecule has 0 saturated carbocycles. The molecule has 5 heteroatoms. The Bertz CT molecular complexity index is 693. The van der Waals surface area contributed by atoms with Gasteiger partial charge in [-0.05, 0) is 57.6 Å². The highest BCUT2D eigenvalue weighted by Gasteiger charge is 2.23. The summed E-state index contributed by atoms with van der Waals surface area (Å²) < 4.78 is 5.25. The van der Waals surface area contributed by atoms with E-state index in [1.807, 2.05) is 29.2 Å². The van der Waals surface area contributed by atoms with E-state index in [4.69, 9.17) is 4.74 Å². The fraction of sp³-hybridized carbons (Fsp3) is 0.500. The number of amides is 1. The Kier molecular flexibility index (Phi) is 4.57. The number of ether oxygens (including phenoxy) is 1. The van der Waals surface area contributed by atoms with Crippen LogP contribution in [-0.2, 0) is 0 Å². The summed E-state index contributed by atoms with van der Waals surface area (Å²) >= 11 is 0. The fourth-order valence-electron chi connectivity index (χ4n) is 3.32. The van der Waals surface area contributed by atoms with Crippen molar-refractivity contribution in [3.63, 3.8) is 0 Å². The third kappa shape index (κ3) is 3.34. The summed E-state index contributed by atoms with van der Waals surface area (Å²) in [6, 6.07) is 8.30. The minimum Gasteiger partial charge on any atom is -0.497 e. The van der Waals surface area contributed by atoms with Gasteiger partial charge in [0.25, 0.3) is 5.91 Å². The van der Waals surface area contributed by atoms with E-state index in [1.165, 1.54) is 0 Å². The van der Waals surface area contributed by atoms with Crippen molar-refractivity contribution < 1.29 is 9.53 Å². The molecule has 0 aliphatic carbocycles. The Morgan fingerprint density at radius 1 is 1.26 bits per heavy atom. The molecule has 0 spiro atoms. The van der Waals surface area contributed by atoms with Crippen LogP contribution in [0.1, 0.15) is 29.8 Å². The summed E-state index contributed by atoms with van der Waals surface area (Å²) in [5.41, 5.74) is 1.63. The number of likely N-dealkylation sites (tertiary alicyclic amines) is 1. The number of benzene rings is 1. The van der Waals surface area contributed by atoms with E-state index in [2.05, 4.69) is 24.0 Å². The van der Waals surface area contributed by atoms with E-state index in [0.717, 1.165) is 49.0 Å². The van der Waals surface area contributed by atoms with Crippen LogP contribution >= 0.6 is 0 Å². The third-order valence-corrected chi connectivity index (χ3v) is 4.77. The second-order valence-corrected chi connectivity index (χ2v) is 6.48. The van der Waals surface area contributed by atoms with Gasteiger partial charge in [0.2, 0.25) is 0 Å². The van der Waals surface area contributed by atoms with E-state index in [1.54, 1.807) is 7.11 Å². The first-order valence-electron chi connectivity index (χ1n) is 8.21. The molecule has 2 heterocycles. The van der Waals surface area contributed by atoms with Crippen LogP contribution in [0, 0.1) is 0 Å². The maximum Gasteiger partial charge on any atom is 0.270 e. The lowest BCUT2D eigenvalue weighted by Crippen LogP contribution is -2.34. The van der Waals surface area contributed by atoms with Crippen molar-refractivity contribution in [2.45, 2.75) is 25.3 Å². The van der Waals surface area contributed by atoms with Crippen LogP contribution in [0.2, 0.25) is 0 Å². The molecule has 1 aromatic carbocycles. The standard InChI is InChI=1S/C18H25N3O2/c1-20(2)14-5-4-9-21(10-8-14)18(22)17-12-13-11-15(23-3)6-7-16(13)19-17/h6-7,11-12,14,19H,4-5,8-10H2,1-3H3. The second kappa shape index (κ2) is 6.62. The molecular weight excluding hydrogens is 290 g/mol. The Morgan fingerprint density at radius 2 is 2.09 bits per heavy atom. The van der Waals surface area contributed by atoms with Gasteiger partial charge in [-0.1, -0.05) is 0 Å². The van der Waals surface area contributed by atoms with Gasteiger partial charge in [0.05, 0.1) is 7.11 Å². The summed E-state index contributed by atoms with van der Waals surface area (Å²) in [4.78, 5) is 20.3. The van der Waals surface area contributed by atoms with Gasteiger partial charge in [0, 0.05) is 30.0 Å². The average molecular weight is 315 g/mol. The summed E-state index contributed by atoms with van der Waals surface area (Å²) in [7, 11) is 5.89. The van der Waals surface area contributed by atoms with Crippen LogP contribution in [-0.4, -0.2) is 61.0 Å². The minimum absolute atomic E-state index is 0.0968. The molecule has 1 aromatic heterocycles. The first-order chi connectivity index (χ1) is 11.1. The van der Waals surface area contributed by atoms with Gasteiger partial charge in [0.15, 0.2) is 0 Å². The number of carbonyl (C=O) groups is 1. The molecular formula is C18H25N3O2. The molecule has 5 nitrogen and oxygen atoms in total. The smallest absolute Gasteiger partial charge is 0.270 e. The van der Waals surface area contributed by atoms with E-state index < -0.39 is 0 Å². The van der Waals surface area contributed by atoms with E-state index in [0.29, 0.717) is 11.7 Å². The quantitative estimate of drug-likeness (QED) is 0.947. The predicted molar refractivity (Wildman–Crippen MR) is 92.1 cm³/mol. The number of fused-ring (bicyclic) bond motifs is 1. The molecule has 23 heavy (non-hydrogen) atoms. The predicted octanol–water partition coefficient (Wildman–Crippen LogP) is 2.73. The van der Waals surface area contributed by atoms with Crippen molar-refractivity contribution in [3.05, 3.63) is 30.0 Å². The van der Waals surface area contributed by atoms with Crippen LogP contribution < -0.4 is 4.74 Å². The largest absolute Gasteiger partial charge is 0.497 e. The van der Waals surface area contributed by atoms with Gasteiger partial charge in [-0.25, -0.2) is 0 Å². The van der Waals surface area contributed by atoms with Crippen LogP contribution in [0.5, 0.6) is 5.75 Å². The molecule has 0 bridgehead atoms. The summed E-state index contributed by atoms with van der Waals surface area (Å²) in [5, 5.41) is 1.01. The highest BCUT2D eigenvalue weighted by molar-refractivity contribution is 5.98. The zero-order valence-corrected chi connectivity index (χ0v) is 14.1. The highest BCUT2D eigenvalue weighted by atomic mass is 16.5. The molecule has 3 rings (SSSR count). The SMILES string of the molecule is COc1ccc2[nH]c(C(=O)N3CCCC(N(C)C)CC3)cc2c1. The number of aromatic nitrogens is 1. The van der Waals surface area contributed by atoms with Crippen molar-refractivity contribution in [2.75, 3.05) is 34.3 Å². The van der Waals surface area contributed by atoms with Gasteiger partial charge in [-0.2, -0.15) is 0 Å². The maximum atomic E-state index is 12.8. The van der Waals surface area contributed by atoms with Crippen LogP contribution in [0.4, 0.5) is 0 Å². The van der Waals surface area contributed by atoms with Crippen LogP contribution in [0.15, 0.2) is 24.3 Å². The Labute approximate surface area is 137 Å². The van der Waals surface area contributed by atoms with Gasteiger partial charge in [-0.3, -0.25) is 4.79 Å². The van der Waals surface area contributed by atoms with E-state index >= 15 is 0 Å². The molecule has 2 aromatic rings. The monoisotopic (exact) mass is 315 g/mol. The number of aromatic amines is 1. The topological polar surface area (TPSA) is 48.6 Å². The molecule has 1 amide bonds. The highest BCUT2D eigenvalue weighted by Crippen LogP contribution is 2.23. The number of hydrogen-bond donors (Lipinski definition) is 1. The van der Waals surface area contributed by atoms with Crippen molar-refractivity contribution >= 4 is 16.8 Å². The number of nitrogens with one attached hydrogen (secondary N) is 1. The molecule has 1 aliphatic heterocycles. The Balaban J connectivity index is 1.77. The van der Waals surface area contributed by atoms with Gasteiger partial charge in [-0.15, -0.1) is 0 Å². The fourth-order valence-corrected chi connectivity index (χ4v) is 3.32.